The Labute approximate surface area is 125 Å². The minimum Gasteiger partial charge on any atom is -0.493 e. The first kappa shape index (κ1) is 14.0. The lowest BCUT2D eigenvalue weighted by Gasteiger charge is -2.32. The molecule has 3 rings (SSSR count). The molecule has 0 saturated carbocycles. The Balaban J connectivity index is 1.79. The third-order valence-corrected chi connectivity index (χ3v) is 4.33. The van der Waals surface area contributed by atoms with E-state index in [1.54, 1.807) is 14.2 Å². The van der Waals surface area contributed by atoms with Crippen molar-refractivity contribution in [2.45, 2.75) is 24.8 Å². The Morgan fingerprint density at radius 3 is 2.62 bits per heavy atom. The van der Waals surface area contributed by atoms with Crippen LogP contribution in [0.3, 0.4) is 0 Å². The van der Waals surface area contributed by atoms with Crippen molar-refractivity contribution in [2.24, 2.45) is 5.73 Å². The lowest BCUT2D eigenvalue weighted by Crippen LogP contribution is -2.23. The molecular weight excluding hydrogens is 262 g/mol. The predicted molar refractivity (Wildman–Crippen MR) is 84.0 cm³/mol. The first-order chi connectivity index (χ1) is 10.2. The second kappa shape index (κ2) is 5.78. The van der Waals surface area contributed by atoms with Crippen LogP contribution in [0.25, 0.3) is 0 Å². The van der Waals surface area contributed by atoms with Crippen molar-refractivity contribution in [3.05, 3.63) is 59.2 Å². The van der Waals surface area contributed by atoms with Crippen molar-refractivity contribution in [1.29, 1.82) is 0 Å². The summed E-state index contributed by atoms with van der Waals surface area (Å²) in [7, 11) is 3.31. The molecule has 2 unspecified atom stereocenters. The number of hydrogen-bond donors (Lipinski definition) is 1. The lowest BCUT2D eigenvalue weighted by molar-refractivity contribution is 0.347. The lowest BCUT2D eigenvalue weighted by atomic mass is 9.74. The zero-order valence-electron chi connectivity index (χ0n) is 12.5. The second-order valence-corrected chi connectivity index (χ2v) is 5.52. The van der Waals surface area contributed by atoms with Crippen LogP contribution in [0.4, 0.5) is 0 Å². The molecule has 0 spiro atoms. The van der Waals surface area contributed by atoms with Crippen LogP contribution in [0.15, 0.2) is 42.5 Å². The SMILES string of the molecule is COc1cccc(C(N)CC2Cc3ccccc32)c1OC. The van der Waals surface area contributed by atoms with E-state index in [1.165, 1.54) is 11.1 Å². The maximum atomic E-state index is 6.43. The molecule has 2 atom stereocenters. The van der Waals surface area contributed by atoms with Gasteiger partial charge in [0.05, 0.1) is 14.2 Å². The van der Waals surface area contributed by atoms with Crippen LogP contribution < -0.4 is 15.2 Å². The first-order valence-electron chi connectivity index (χ1n) is 7.29. The quantitative estimate of drug-likeness (QED) is 0.914. The molecule has 1 aliphatic carbocycles. The molecule has 3 nitrogen and oxygen atoms in total. The molecule has 0 aliphatic heterocycles. The minimum atomic E-state index is -0.0478. The van der Waals surface area contributed by atoms with Gasteiger partial charge in [-0.25, -0.2) is 0 Å². The standard InChI is InChI=1S/C18H21NO2/c1-20-17-9-5-8-15(18(17)21-2)16(19)11-13-10-12-6-3-4-7-14(12)13/h3-9,13,16H,10-11,19H2,1-2H3. The molecular formula is C18H21NO2. The summed E-state index contributed by atoms with van der Waals surface area (Å²) < 4.78 is 10.8. The maximum Gasteiger partial charge on any atom is 0.165 e. The zero-order valence-corrected chi connectivity index (χ0v) is 12.5. The summed E-state index contributed by atoms with van der Waals surface area (Å²) in [5.41, 5.74) is 10.3. The van der Waals surface area contributed by atoms with Crippen molar-refractivity contribution >= 4 is 0 Å². The normalized spacial score (nSPS) is 17.6. The Morgan fingerprint density at radius 2 is 1.90 bits per heavy atom. The third-order valence-electron chi connectivity index (χ3n) is 4.33. The van der Waals surface area contributed by atoms with Crippen LogP contribution in [0.1, 0.15) is 35.1 Å². The van der Waals surface area contributed by atoms with E-state index in [-0.39, 0.29) is 6.04 Å². The van der Waals surface area contributed by atoms with Crippen LogP contribution in [0, 0.1) is 0 Å². The molecule has 2 N–H and O–H groups in total. The molecule has 110 valence electrons. The van der Waals surface area contributed by atoms with Crippen molar-refractivity contribution < 1.29 is 9.47 Å². The summed E-state index contributed by atoms with van der Waals surface area (Å²) in [5, 5.41) is 0. The number of benzene rings is 2. The molecule has 1 aliphatic rings. The van der Waals surface area contributed by atoms with Gasteiger partial charge in [-0.3, -0.25) is 0 Å². The monoisotopic (exact) mass is 283 g/mol. The van der Waals surface area contributed by atoms with Gasteiger partial charge in [-0.1, -0.05) is 36.4 Å². The molecule has 0 heterocycles. The van der Waals surface area contributed by atoms with Gasteiger partial charge in [0.1, 0.15) is 0 Å². The Kier molecular flexibility index (Phi) is 3.84. The number of methoxy groups -OCH3 is 2. The van der Waals surface area contributed by atoms with Crippen LogP contribution in [0.2, 0.25) is 0 Å². The van der Waals surface area contributed by atoms with Gasteiger partial charge in [-0.2, -0.15) is 0 Å². The van der Waals surface area contributed by atoms with Crippen LogP contribution in [0.5, 0.6) is 11.5 Å². The smallest absolute Gasteiger partial charge is 0.165 e. The Hall–Kier alpha value is -2.00. The van der Waals surface area contributed by atoms with Crippen LogP contribution in [-0.2, 0) is 6.42 Å². The largest absolute Gasteiger partial charge is 0.493 e. The van der Waals surface area contributed by atoms with E-state index in [0.29, 0.717) is 5.92 Å². The van der Waals surface area contributed by atoms with E-state index in [2.05, 4.69) is 24.3 Å². The molecule has 0 radical (unpaired) electrons. The van der Waals surface area contributed by atoms with E-state index < -0.39 is 0 Å². The highest BCUT2D eigenvalue weighted by atomic mass is 16.5. The van der Waals surface area contributed by atoms with Gasteiger partial charge in [-0.05, 0) is 36.0 Å². The van der Waals surface area contributed by atoms with Gasteiger partial charge in [-0.15, -0.1) is 0 Å². The summed E-state index contributed by atoms with van der Waals surface area (Å²) >= 11 is 0. The van der Waals surface area contributed by atoms with Gasteiger partial charge in [0.15, 0.2) is 11.5 Å². The van der Waals surface area contributed by atoms with Gasteiger partial charge < -0.3 is 15.2 Å². The highest BCUT2D eigenvalue weighted by Crippen LogP contribution is 2.42. The van der Waals surface area contributed by atoms with E-state index in [9.17, 15) is 0 Å². The van der Waals surface area contributed by atoms with E-state index in [4.69, 9.17) is 15.2 Å². The number of rotatable bonds is 5. The van der Waals surface area contributed by atoms with Crippen LogP contribution >= 0.6 is 0 Å². The van der Waals surface area contributed by atoms with Gasteiger partial charge in [0.25, 0.3) is 0 Å². The number of hydrogen-bond acceptors (Lipinski definition) is 3. The first-order valence-corrected chi connectivity index (χ1v) is 7.29. The Morgan fingerprint density at radius 1 is 1.10 bits per heavy atom. The fourth-order valence-corrected chi connectivity index (χ4v) is 3.21. The molecule has 0 saturated heterocycles. The fourth-order valence-electron chi connectivity index (χ4n) is 3.21. The van der Waals surface area contributed by atoms with Gasteiger partial charge >= 0.3 is 0 Å². The summed E-state index contributed by atoms with van der Waals surface area (Å²) in [5.74, 6) is 2.03. The molecule has 0 fully saturated rings. The fraction of sp³-hybridized carbons (Fsp3) is 0.333. The molecule has 3 heteroatoms. The average molecular weight is 283 g/mol. The molecule has 21 heavy (non-hydrogen) atoms. The third kappa shape index (κ3) is 2.49. The van der Waals surface area contributed by atoms with Gasteiger partial charge in [0, 0.05) is 11.6 Å². The Bertz CT molecular complexity index is 639. The molecule has 0 bridgehead atoms. The van der Waals surface area contributed by atoms with E-state index in [1.807, 2.05) is 18.2 Å². The zero-order chi connectivity index (χ0) is 14.8. The molecule has 0 amide bonds. The highest BCUT2D eigenvalue weighted by Gasteiger charge is 2.28. The summed E-state index contributed by atoms with van der Waals surface area (Å²) in [6.07, 6.45) is 2.05. The highest BCUT2D eigenvalue weighted by molar-refractivity contribution is 5.48. The number of fused-ring (bicyclic) bond motifs is 1. The topological polar surface area (TPSA) is 44.5 Å². The van der Waals surface area contributed by atoms with Gasteiger partial charge in [0.2, 0.25) is 0 Å². The summed E-state index contributed by atoms with van der Waals surface area (Å²) in [6, 6.07) is 14.4. The molecule has 0 aromatic heterocycles. The number of ether oxygens (including phenoxy) is 2. The van der Waals surface area contributed by atoms with Crippen molar-refractivity contribution in [3.63, 3.8) is 0 Å². The van der Waals surface area contributed by atoms with Crippen molar-refractivity contribution in [1.82, 2.24) is 0 Å². The minimum absolute atomic E-state index is 0.0478. The second-order valence-electron chi connectivity index (χ2n) is 5.52. The van der Waals surface area contributed by atoms with Crippen molar-refractivity contribution in [3.8, 4) is 11.5 Å². The number of para-hydroxylation sites is 1. The average Bonchev–Trinajstić information content (AvgIpc) is 2.51. The molecule has 2 aromatic carbocycles. The van der Waals surface area contributed by atoms with E-state index >= 15 is 0 Å². The predicted octanol–water partition coefficient (Wildman–Crippen LogP) is 3.43. The molecule has 2 aromatic rings. The van der Waals surface area contributed by atoms with Crippen molar-refractivity contribution in [2.75, 3.05) is 14.2 Å². The van der Waals surface area contributed by atoms with Crippen LogP contribution in [-0.4, -0.2) is 14.2 Å². The summed E-state index contributed by atoms with van der Waals surface area (Å²) in [4.78, 5) is 0. The van der Waals surface area contributed by atoms with E-state index in [0.717, 1.165) is 29.9 Å². The maximum absolute atomic E-state index is 6.43. The summed E-state index contributed by atoms with van der Waals surface area (Å²) in [6.45, 7) is 0. The number of nitrogens with two attached hydrogens (primary N) is 1.